The van der Waals surface area contributed by atoms with Gasteiger partial charge < -0.3 is 14.5 Å². The summed E-state index contributed by atoms with van der Waals surface area (Å²) in [6.45, 7) is 1.98. The molecule has 27 heavy (non-hydrogen) atoms. The molecule has 1 aromatic carbocycles. The Bertz CT molecular complexity index is 916. The minimum absolute atomic E-state index is 0.188. The number of hydrogen-bond acceptors (Lipinski definition) is 6. The van der Waals surface area contributed by atoms with Crippen LogP contribution in [0.15, 0.2) is 40.6 Å². The highest BCUT2D eigenvalue weighted by molar-refractivity contribution is 7.89. The second kappa shape index (κ2) is 7.87. The van der Waals surface area contributed by atoms with Gasteiger partial charge in [-0.05, 0) is 18.2 Å². The minimum Gasteiger partial charge on any atom is -0.497 e. The fourth-order valence-corrected chi connectivity index (χ4v) is 5.63. The number of methoxy groups -OCH3 is 1. The molecule has 0 spiro atoms. The van der Waals surface area contributed by atoms with Crippen LogP contribution in [0.25, 0.3) is 0 Å². The zero-order valence-electron chi connectivity index (χ0n) is 15.6. The number of rotatable bonds is 5. The summed E-state index contributed by atoms with van der Waals surface area (Å²) in [5.41, 5.74) is 1.01. The molecule has 9 heteroatoms. The number of benzene rings is 1. The van der Waals surface area contributed by atoms with E-state index < -0.39 is 10.0 Å². The van der Waals surface area contributed by atoms with E-state index in [1.807, 2.05) is 24.3 Å². The summed E-state index contributed by atoms with van der Waals surface area (Å²) in [7, 11) is 1.32. The van der Waals surface area contributed by atoms with Crippen LogP contribution in [0.1, 0.15) is 9.67 Å². The van der Waals surface area contributed by atoms with E-state index in [4.69, 9.17) is 4.74 Å². The summed E-state index contributed by atoms with van der Waals surface area (Å²) in [6.07, 6.45) is 0. The fraction of sp³-hybridized carbons (Fsp3) is 0.389. The van der Waals surface area contributed by atoms with Gasteiger partial charge in [-0.25, -0.2) is 8.42 Å². The van der Waals surface area contributed by atoms with E-state index in [2.05, 4.69) is 4.90 Å². The molecular formula is C18H23N3O4S2. The van der Waals surface area contributed by atoms with Gasteiger partial charge in [0, 0.05) is 57.4 Å². The predicted octanol–water partition coefficient (Wildman–Crippen LogP) is 1.97. The van der Waals surface area contributed by atoms with Crippen molar-refractivity contribution in [3.05, 3.63) is 40.6 Å². The first-order valence-electron chi connectivity index (χ1n) is 8.52. The topological polar surface area (TPSA) is 70.2 Å². The van der Waals surface area contributed by atoms with Crippen LogP contribution in [0.2, 0.25) is 0 Å². The number of thiophene rings is 1. The van der Waals surface area contributed by atoms with Crippen molar-refractivity contribution in [1.82, 2.24) is 9.21 Å². The van der Waals surface area contributed by atoms with E-state index in [9.17, 15) is 13.2 Å². The van der Waals surface area contributed by atoms with Gasteiger partial charge >= 0.3 is 0 Å². The van der Waals surface area contributed by atoms with Crippen molar-refractivity contribution >= 4 is 33.0 Å². The normalized spacial score (nSPS) is 15.6. The zero-order chi connectivity index (χ0) is 19.6. The van der Waals surface area contributed by atoms with Crippen molar-refractivity contribution in [2.75, 3.05) is 52.3 Å². The lowest BCUT2D eigenvalue weighted by atomic mass is 10.2. The van der Waals surface area contributed by atoms with Gasteiger partial charge in [-0.1, -0.05) is 6.07 Å². The maximum atomic E-state index is 12.9. The molecule has 0 aliphatic carbocycles. The van der Waals surface area contributed by atoms with E-state index in [-0.39, 0.29) is 10.8 Å². The van der Waals surface area contributed by atoms with Gasteiger partial charge in [0.25, 0.3) is 5.91 Å². The number of carbonyl (C=O) groups is 1. The molecule has 3 rings (SSSR count). The number of piperazine rings is 1. The number of nitrogens with zero attached hydrogens (tertiary/aromatic N) is 3. The van der Waals surface area contributed by atoms with Crippen molar-refractivity contribution in [2.45, 2.75) is 4.90 Å². The summed E-state index contributed by atoms with van der Waals surface area (Å²) >= 11 is 1.16. The third-order valence-electron chi connectivity index (χ3n) is 4.49. The molecule has 0 atom stereocenters. The van der Waals surface area contributed by atoms with E-state index in [0.717, 1.165) is 22.8 Å². The summed E-state index contributed by atoms with van der Waals surface area (Å²) < 4.78 is 32.5. The van der Waals surface area contributed by atoms with Gasteiger partial charge in [-0.2, -0.15) is 4.31 Å². The smallest absolute Gasteiger partial charge is 0.263 e. The Kier molecular flexibility index (Phi) is 5.73. The van der Waals surface area contributed by atoms with Crippen LogP contribution < -0.4 is 9.64 Å². The highest BCUT2D eigenvalue weighted by atomic mass is 32.2. The first-order valence-corrected chi connectivity index (χ1v) is 10.8. The number of sulfonamides is 1. The molecule has 2 heterocycles. The number of amides is 1. The van der Waals surface area contributed by atoms with Crippen LogP contribution >= 0.6 is 11.3 Å². The Morgan fingerprint density at radius 1 is 1.15 bits per heavy atom. The molecule has 0 bridgehead atoms. The predicted molar refractivity (Wildman–Crippen MR) is 106 cm³/mol. The minimum atomic E-state index is -3.60. The molecule has 1 saturated heterocycles. The standard InChI is InChI=1S/C18H23N3O4S2/c1-19(2)18(22)17-12-16(13-26-17)27(23,24)21-9-7-20(8-10-21)14-5-4-6-15(11-14)25-3/h4-6,11-13H,7-10H2,1-3H3. The molecule has 0 unspecified atom stereocenters. The van der Waals surface area contributed by atoms with Crippen LogP contribution in [0.5, 0.6) is 5.75 Å². The zero-order valence-corrected chi connectivity index (χ0v) is 17.2. The molecule has 0 saturated carbocycles. The lowest BCUT2D eigenvalue weighted by molar-refractivity contribution is 0.0832. The lowest BCUT2D eigenvalue weighted by Crippen LogP contribution is -2.48. The SMILES string of the molecule is COc1cccc(N2CCN(S(=O)(=O)c3csc(C(=O)N(C)C)c3)CC2)c1. The highest BCUT2D eigenvalue weighted by Crippen LogP contribution is 2.26. The lowest BCUT2D eigenvalue weighted by Gasteiger charge is -2.35. The van der Waals surface area contributed by atoms with Crippen LogP contribution in [0.3, 0.4) is 0 Å². The van der Waals surface area contributed by atoms with Gasteiger partial charge in [0.2, 0.25) is 10.0 Å². The van der Waals surface area contributed by atoms with Crippen LogP contribution in [-0.4, -0.2) is 70.9 Å². The quantitative estimate of drug-likeness (QED) is 0.755. The largest absolute Gasteiger partial charge is 0.497 e. The van der Waals surface area contributed by atoms with E-state index in [0.29, 0.717) is 31.1 Å². The first kappa shape index (κ1) is 19.7. The summed E-state index contributed by atoms with van der Waals surface area (Å²) in [5, 5.41) is 1.54. The van der Waals surface area contributed by atoms with Gasteiger partial charge in [0.1, 0.15) is 5.75 Å². The fourth-order valence-electron chi connectivity index (χ4n) is 2.93. The highest BCUT2D eigenvalue weighted by Gasteiger charge is 2.30. The molecule has 1 aromatic heterocycles. The molecular weight excluding hydrogens is 386 g/mol. The third-order valence-corrected chi connectivity index (χ3v) is 7.43. The molecule has 7 nitrogen and oxygen atoms in total. The molecule has 1 aliphatic heterocycles. The Morgan fingerprint density at radius 2 is 1.85 bits per heavy atom. The number of carbonyl (C=O) groups excluding carboxylic acids is 1. The number of anilines is 1. The van der Waals surface area contributed by atoms with Gasteiger partial charge in [0.05, 0.1) is 16.9 Å². The first-order chi connectivity index (χ1) is 12.8. The Labute approximate surface area is 163 Å². The van der Waals surface area contributed by atoms with Gasteiger partial charge in [-0.15, -0.1) is 11.3 Å². The van der Waals surface area contributed by atoms with Crippen molar-refractivity contribution < 1.29 is 17.9 Å². The van der Waals surface area contributed by atoms with Gasteiger partial charge in [0.15, 0.2) is 0 Å². The van der Waals surface area contributed by atoms with Crippen LogP contribution in [-0.2, 0) is 10.0 Å². The molecule has 1 fully saturated rings. The summed E-state index contributed by atoms with van der Waals surface area (Å²) in [4.78, 5) is 16.2. The molecule has 0 N–H and O–H groups in total. The van der Waals surface area contributed by atoms with E-state index in [1.54, 1.807) is 26.6 Å². The van der Waals surface area contributed by atoms with Crippen molar-refractivity contribution in [3.63, 3.8) is 0 Å². The summed E-state index contributed by atoms with van der Waals surface area (Å²) in [5.74, 6) is 0.586. The Morgan fingerprint density at radius 3 is 2.48 bits per heavy atom. The third kappa shape index (κ3) is 4.10. The van der Waals surface area contributed by atoms with E-state index >= 15 is 0 Å². The van der Waals surface area contributed by atoms with Crippen LogP contribution in [0.4, 0.5) is 5.69 Å². The van der Waals surface area contributed by atoms with Crippen molar-refractivity contribution in [2.24, 2.45) is 0 Å². The van der Waals surface area contributed by atoms with Crippen molar-refractivity contribution in [3.8, 4) is 5.75 Å². The molecule has 1 amide bonds. The molecule has 0 radical (unpaired) electrons. The average molecular weight is 410 g/mol. The molecule has 2 aromatic rings. The average Bonchev–Trinajstić information content (AvgIpc) is 3.18. The van der Waals surface area contributed by atoms with Gasteiger partial charge in [-0.3, -0.25) is 4.79 Å². The molecule has 146 valence electrons. The second-order valence-electron chi connectivity index (χ2n) is 6.44. The Balaban J connectivity index is 1.70. The second-order valence-corrected chi connectivity index (χ2v) is 9.29. The molecule has 1 aliphatic rings. The number of hydrogen-bond donors (Lipinski definition) is 0. The van der Waals surface area contributed by atoms with Crippen LogP contribution in [0, 0.1) is 0 Å². The summed E-state index contributed by atoms with van der Waals surface area (Å²) in [6, 6.07) is 9.21. The maximum Gasteiger partial charge on any atom is 0.263 e. The van der Waals surface area contributed by atoms with Crippen molar-refractivity contribution in [1.29, 1.82) is 0 Å². The Hall–Kier alpha value is -2.10. The van der Waals surface area contributed by atoms with E-state index in [1.165, 1.54) is 15.3 Å². The maximum absolute atomic E-state index is 12.9. The number of ether oxygens (including phenoxy) is 1. The monoisotopic (exact) mass is 409 g/mol.